The van der Waals surface area contributed by atoms with E-state index >= 15 is 0 Å². The van der Waals surface area contributed by atoms with Crippen molar-refractivity contribution < 1.29 is 9.59 Å². The third-order valence-electron chi connectivity index (χ3n) is 2.16. The van der Waals surface area contributed by atoms with Crippen molar-refractivity contribution in [1.82, 2.24) is 4.90 Å². The Balaban J connectivity index is 2.48. The maximum absolute atomic E-state index is 11.3. The fourth-order valence-corrected chi connectivity index (χ4v) is 1.57. The highest BCUT2D eigenvalue weighted by molar-refractivity contribution is 6.47. The quantitative estimate of drug-likeness (QED) is 0.474. The first-order valence-corrected chi connectivity index (χ1v) is 4.50. The van der Waals surface area contributed by atoms with Crippen molar-refractivity contribution >= 4 is 23.2 Å². The second-order valence-corrected chi connectivity index (χ2v) is 3.44. The molecule has 12 heavy (non-hydrogen) atoms. The van der Waals surface area contributed by atoms with E-state index in [2.05, 4.69) is 0 Å². The van der Waals surface area contributed by atoms with Crippen LogP contribution in [0.5, 0.6) is 0 Å². The van der Waals surface area contributed by atoms with Crippen LogP contribution in [0.1, 0.15) is 6.42 Å². The maximum Gasteiger partial charge on any atom is 0.213 e. The molecule has 0 amide bonds. The van der Waals surface area contributed by atoms with Crippen molar-refractivity contribution in [2.24, 2.45) is 5.92 Å². The van der Waals surface area contributed by atoms with Gasteiger partial charge in [0.15, 0.2) is 0 Å². The van der Waals surface area contributed by atoms with Gasteiger partial charge in [0, 0.05) is 12.5 Å². The molecule has 1 saturated heterocycles. The van der Waals surface area contributed by atoms with Gasteiger partial charge in [-0.3, -0.25) is 9.59 Å². The second-order valence-electron chi connectivity index (χ2n) is 3.17. The summed E-state index contributed by atoms with van der Waals surface area (Å²) in [5, 5.41) is 0. The molecule has 0 radical (unpaired) electrons. The van der Waals surface area contributed by atoms with Gasteiger partial charge in [-0.25, -0.2) is 0 Å². The first-order valence-electron chi connectivity index (χ1n) is 3.96. The molecule has 1 heterocycles. The van der Waals surface area contributed by atoms with Crippen molar-refractivity contribution in [2.75, 3.05) is 26.0 Å². The zero-order chi connectivity index (χ0) is 9.14. The van der Waals surface area contributed by atoms with Crippen LogP contribution in [0.3, 0.4) is 0 Å². The lowest BCUT2D eigenvalue weighted by Gasteiger charge is -2.06. The molecule has 68 valence electrons. The van der Waals surface area contributed by atoms with Crippen LogP contribution in [0.25, 0.3) is 0 Å². The summed E-state index contributed by atoms with van der Waals surface area (Å²) in [6, 6.07) is 0. The Morgan fingerprint density at radius 1 is 1.58 bits per heavy atom. The van der Waals surface area contributed by atoms with E-state index in [4.69, 9.17) is 11.6 Å². The fourth-order valence-electron chi connectivity index (χ4n) is 1.44. The lowest BCUT2D eigenvalue weighted by atomic mass is 10.0. The van der Waals surface area contributed by atoms with E-state index in [0.29, 0.717) is 6.54 Å². The molecule has 4 heteroatoms. The number of halogens is 1. The van der Waals surface area contributed by atoms with Crippen molar-refractivity contribution in [3.63, 3.8) is 0 Å². The van der Waals surface area contributed by atoms with Crippen molar-refractivity contribution in [1.29, 1.82) is 0 Å². The number of alkyl halides is 1. The first kappa shape index (κ1) is 9.68. The number of likely N-dealkylation sites (tertiary alicyclic amines) is 1. The summed E-state index contributed by atoms with van der Waals surface area (Å²) >= 11 is 5.28. The average molecular weight is 190 g/mol. The molecule has 1 aliphatic heterocycles. The molecule has 1 aliphatic rings. The van der Waals surface area contributed by atoms with E-state index in [9.17, 15) is 9.59 Å². The molecule has 0 spiro atoms. The molecule has 0 bridgehead atoms. The minimum absolute atomic E-state index is 0.110. The van der Waals surface area contributed by atoms with Gasteiger partial charge < -0.3 is 4.90 Å². The standard InChI is InChI=1S/C8H12ClNO2/c1-10-3-2-6(5-10)8(12)7(11)4-9/h6H,2-5H2,1H3. The van der Waals surface area contributed by atoms with Crippen LogP contribution in [-0.4, -0.2) is 42.5 Å². The van der Waals surface area contributed by atoms with Crippen LogP contribution in [0.4, 0.5) is 0 Å². The predicted octanol–water partition coefficient (Wildman–Crippen LogP) is 0.315. The van der Waals surface area contributed by atoms with Crippen molar-refractivity contribution in [3.05, 3.63) is 0 Å². The molecule has 0 aliphatic carbocycles. The number of carbonyl (C=O) groups excluding carboxylic acids is 2. The van der Waals surface area contributed by atoms with Gasteiger partial charge in [-0.2, -0.15) is 0 Å². The summed E-state index contributed by atoms with van der Waals surface area (Å²) in [5.74, 6) is -1.04. The van der Waals surface area contributed by atoms with Gasteiger partial charge >= 0.3 is 0 Å². The number of Topliss-reactive ketones (excluding diaryl/α,β-unsaturated/α-hetero) is 2. The smallest absolute Gasteiger partial charge is 0.213 e. The van der Waals surface area contributed by atoms with Gasteiger partial charge in [0.25, 0.3) is 0 Å². The van der Waals surface area contributed by atoms with Gasteiger partial charge in [-0.1, -0.05) is 0 Å². The van der Waals surface area contributed by atoms with Crippen molar-refractivity contribution in [2.45, 2.75) is 6.42 Å². The van der Waals surface area contributed by atoms with E-state index in [1.54, 1.807) is 0 Å². The summed E-state index contributed by atoms with van der Waals surface area (Å²) in [7, 11) is 1.94. The molecular formula is C8H12ClNO2. The van der Waals surface area contributed by atoms with E-state index < -0.39 is 5.78 Å². The van der Waals surface area contributed by atoms with E-state index in [-0.39, 0.29) is 17.6 Å². The Hall–Kier alpha value is -0.410. The predicted molar refractivity (Wildman–Crippen MR) is 46.3 cm³/mol. The van der Waals surface area contributed by atoms with Gasteiger partial charge in [0.1, 0.15) is 0 Å². The Labute approximate surface area is 76.7 Å². The Kier molecular flexibility index (Phi) is 3.23. The number of hydrogen-bond donors (Lipinski definition) is 0. The Bertz CT molecular complexity index is 205. The number of hydrogen-bond acceptors (Lipinski definition) is 3. The molecule has 0 aromatic rings. The summed E-state index contributed by atoms with van der Waals surface area (Å²) in [4.78, 5) is 24.2. The minimum Gasteiger partial charge on any atom is -0.306 e. The monoisotopic (exact) mass is 189 g/mol. The van der Waals surface area contributed by atoms with Crippen LogP contribution < -0.4 is 0 Å². The molecule has 0 aromatic heterocycles. The molecule has 1 fully saturated rings. The largest absolute Gasteiger partial charge is 0.306 e. The molecule has 1 rings (SSSR count). The molecule has 0 N–H and O–H groups in total. The molecule has 0 aromatic carbocycles. The third kappa shape index (κ3) is 2.05. The van der Waals surface area contributed by atoms with Crippen molar-refractivity contribution in [3.8, 4) is 0 Å². The van der Waals surface area contributed by atoms with Gasteiger partial charge in [-0.15, -0.1) is 11.6 Å². The van der Waals surface area contributed by atoms with Crippen LogP contribution in [0, 0.1) is 5.92 Å². The fraction of sp³-hybridized carbons (Fsp3) is 0.750. The molecular weight excluding hydrogens is 178 g/mol. The van der Waals surface area contributed by atoms with E-state index in [1.165, 1.54) is 0 Å². The summed E-state index contributed by atoms with van der Waals surface area (Å²) in [5.41, 5.74) is 0. The summed E-state index contributed by atoms with van der Waals surface area (Å²) in [6.07, 6.45) is 0.790. The Morgan fingerprint density at radius 2 is 2.25 bits per heavy atom. The summed E-state index contributed by atoms with van der Waals surface area (Å²) in [6.45, 7) is 1.59. The molecule has 0 saturated carbocycles. The topological polar surface area (TPSA) is 37.4 Å². The van der Waals surface area contributed by atoms with Crippen LogP contribution in [0.2, 0.25) is 0 Å². The first-order chi connectivity index (χ1) is 5.65. The molecule has 3 nitrogen and oxygen atoms in total. The zero-order valence-electron chi connectivity index (χ0n) is 7.05. The highest BCUT2D eigenvalue weighted by atomic mass is 35.5. The number of ketones is 2. The normalized spacial score (nSPS) is 24.3. The van der Waals surface area contributed by atoms with Gasteiger partial charge in [0.05, 0.1) is 5.88 Å². The highest BCUT2D eigenvalue weighted by Crippen LogP contribution is 2.15. The average Bonchev–Trinajstić information content (AvgIpc) is 2.49. The second kappa shape index (κ2) is 4.01. The third-order valence-corrected chi connectivity index (χ3v) is 2.40. The number of rotatable bonds is 3. The number of carbonyl (C=O) groups is 2. The lowest BCUT2D eigenvalue weighted by molar-refractivity contribution is -0.137. The highest BCUT2D eigenvalue weighted by Gasteiger charge is 2.29. The zero-order valence-corrected chi connectivity index (χ0v) is 7.80. The SMILES string of the molecule is CN1CCC(C(=O)C(=O)CCl)C1. The van der Waals surface area contributed by atoms with Crippen LogP contribution >= 0.6 is 11.6 Å². The minimum atomic E-state index is -0.447. The Morgan fingerprint density at radius 3 is 2.67 bits per heavy atom. The summed E-state index contributed by atoms with van der Waals surface area (Å²) < 4.78 is 0. The van der Waals surface area contributed by atoms with Crippen LogP contribution in [-0.2, 0) is 9.59 Å². The lowest BCUT2D eigenvalue weighted by Crippen LogP contribution is -2.26. The molecule has 1 unspecified atom stereocenters. The van der Waals surface area contributed by atoms with Crippen LogP contribution in [0.15, 0.2) is 0 Å². The maximum atomic E-state index is 11.3. The molecule has 1 atom stereocenters. The van der Waals surface area contributed by atoms with Gasteiger partial charge in [-0.05, 0) is 20.0 Å². The van der Waals surface area contributed by atoms with E-state index in [1.807, 2.05) is 11.9 Å². The number of nitrogens with zero attached hydrogens (tertiary/aromatic N) is 1. The van der Waals surface area contributed by atoms with Gasteiger partial charge in [0.2, 0.25) is 11.6 Å². The van der Waals surface area contributed by atoms with E-state index in [0.717, 1.165) is 13.0 Å².